The van der Waals surface area contributed by atoms with Gasteiger partial charge in [0, 0.05) is 31.0 Å². The van der Waals surface area contributed by atoms with E-state index < -0.39 is 10.0 Å². The normalized spacial score (nSPS) is 16.0. The SMILES string of the molecule is CC(CNS(=O)(=O)c1ccns1)N1CCc2ccccc21. The molecule has 0 spiro atoms. The van der Waals surface area contributed by atoms with Crippen LogP contribution in [0.25, 0.3) is 0 Å². The molecule has 2 heterocycles. The molecule has 1 unspecified atom stereocenters. The van der Waals surface area contributed by atoms with Crippen molar-refractivity contribution >= 4 is 27.2 Å². The predicted molar refractivity (Wildman–Crippen MR) is 84.3 cm³/mol. The van der Waals surface area contributed by atoms with Crippen molar-refractivity contribution in [2.24, 2.45) is 0 Å². The van der Waals surface area contributed by atoms with Crippen LogP contribution < -0.4 is 9.62 Å². The van der Waals surface area contributed by atoms with Crippen molar-refractivity contribution in [3.63, 3.8) is 0 Å². The molecule has 0 fully saturated rings. The molecule has 1 aromatic heterocycles. The number of nitrogens with zero attached hydrogens (tertiary/aromatic N) is 2. The molecule has 0 amide bonds. The van der Waals surface area contributed by atoms with Crippen molar-refractivity contribution in [3.05, 3.63) is 42.1 Å². The Morgan fingerprint density at radius 3 is 2.95 bits per heavy atom. The van der Waals surface area contributed by atoms with Crippen LogP contribution in [0.1, 0.15) is 12.5 Å². The molecule has 0 bridgehead atoms. The summed E-state index contributed by atoms with van der Waals surface area (Å²) in [7, 11) is -3.44. The van der Waals surface area contributed by atoms with Gasteiger partial charge in [-0.1, -0.05) is 18.2 Å². The monoisotopic (exact) mass is 323 g/mol. The lowest BCUT2D eigenvalue weighted by Gasteiger charge is -2.27. The van der Waals surface area contributed by atoms with Crippen LogP contribution in [-0.4, -0.2) is 31.9 Å². The maximum Gasteiger partial charge on any atom is 0.251 e. The van der Waals surface area contributed by atoms with Crippen molar-refractivity contribution < 1.29 is 8.42 Å². The van der Waals surface area contributed by atoms with Gasteiger partial charge in [0.05, 0.1) is 0 Å². The molecule has 7 heteroatoms. The highest BCUT2D eigenvalue weighted by molar-refractivity contribution is 7.91. The van der Waals surface area contributed by atoms with Gasteiger partial charge in [-0.05, 0) is 42.6 Å². The molecule has 0 saturated carbocycles. The van der Waals surface area contributed by atoms with Gasteiger partial charge in [0.15, 0.2) is 4.21 Å². The summed E-state index contributed by atoms with van der Waals surface area (Å²) in [5.41, 5.74) is 2.54. The number of para-hydroxylation sites is 1. The maximum absolute atomic E-state index is 12.1. The van der Waals surface area contributed by atoms with E-state index in [-0.39, 0.29) is 10.3 Å². The van der Waals surface area contributed by atoms with Gasteiger partial charge in [0.2, 0.25) is 0 Å². The number of benzene rings is 1. The van der Waals surface area contributed by atoms with E-state index in [1.807, 2.05) is 19.1 Å². The first-order valence-corrected chi connectivity index (χ1v) is 9.08. The number of aromatic nitrogens is 1. The highest BCUT2D eigenvalue weighted by atomic mass is 32.2. The molecular formula is C14H17N3O2S2. The van der Waals surface area contributed by atoms with Crippen LogP contribution in [0, 0.1) is 0 Å². The van der Waals surface area contributed by atoms with Gasteiger partial charge < -0.3 is 4.90 Å². The minimum atomic E-state index is -3.44. The number of sulfonamides is 1. The van der Waals surface area contributed by atoms with E-state index in [1.54, 1.807) is 0 Å². The lowest BCUT2D eigenvalue weighted by Crippen LogP contribution is -2.41. The molecule has 2 aromatic rings. The Morgan fingerprint density at radius 1 is 1.38 bits per heavy atom. The third kappa shape index (κ3) is 2.95. The van der Waals surface area contributed by atoms with Crippen molar-refractivity contribution in [1.29, 1.82) is 0 Å². The average Bonchev–Trinajstić information content (AvgIpc) is 3.14. The van der Waals surface area contributed by atoms with Gasteiger partial charge in [-0.25, -0.2) is 13.1 Å². The van der Waals surface area contributed by atoms with Gasteiger partial charge in [-0.3, -0.25) is 0 Å². The van der Waals surface area contributed by atoms with Crippen LogP contribution in [0.2, 0.25) is 0 Å². The second-order valence-electron chi connectivity index (χ2n) is 5.10. The molecule has 1 aromatic carbocycles. The highest BCUT2D eigenvalue weighted by Gasteiger charge is 2.24. The summed E-state index contributed by atoms with van der Waals surface area (Å²) in [4.78, 5) is 2.25. The third-order valence-electron chi connectivity index (χ3n) is 3.70. The Kier molecular flexibility index (Phi) is 3.97. The second-order valence-corrected chi connectivity index (χ2v) is 7.93. The van der Waals surface area contributed by atoms with Gasteiger partial charge >= 0.3 is 0 Å². The molecule has 0 saturated heterocycles. The summed E-state index contributed by atoms with van der Waals surface area (Å²) >= 11 is 0.988. The van der Waals surface area contributed by atoms with E-state index in [0.29, 0.717) is 6.54 Å². The van der Waals surface area contributed by atoms with Crippen molar-refractivity contribution in [2.45, 2.75) is 23.6 Å². The van der Waals surface area contributed by atoms with E-state index in [9.17, 15) is 8.42 Å². The first-order chi connectivity index (χ1) is 10.1. The van der Waals surface area contributed by atoms with Crippen LogP contribution in [-0.2, 0) is 16.4 Å². The van der Waals surface area contributed by atoms with E-state index in [2.05, 4.69) is 26.1 Å². The van der Waals surface area contributed by atoms with E-state index >= 15 is 0 Å². The second kappa shape index (κ2) is 5.75. The molecule has 1 aliphatic heterocycles. The molecule has 1 atom stereocenters. The lowest BCUT2D eigenvalue weighted by atomic mass is 10.2. The molecular weight excluding hydrogens is 306 g/mol. The van der Waals surface area contributed by atoms with E-state index in [1.165, 1.54) is 23.5 Å². The van der Waals surface area contributed by atoms with Gasteiger partial charge in [-0.2, -0.15) is 4.37 Å². The summed E-state index contributed by atoms with van der Waals surface area (Å²) in [5.74, 6) is 0. The molecule has 0 radical (unpaired) electrons. The van der Waals surface area contributed by atoms with Gasteiger partial charge in [-0.15, -0.1) is 0 Å². The molecule has 1 aliphatic rings. The smallest absolute Gasteiger partial charge is 0.251 e. The largest absolute Gasteiger partial charge is 0.367 e. The fourth-order valence-electron chi connectivity index (χ4n) is 2.58. The summed E-state index contributed by atoms with van der Waals surface area (Å²) < 4.78 is 31.0. The summed E-state index contributed by atoms with van der Waals surface area (Å²) in [6.07, 6.45) is 2.52. The zero-order valence-electron chi connectivity index (χ0n) is 11.7. The van der Waals surface area contributed by atoms with E-state index in [0.717, 1.165) is 24.5 Å². The third-order valence-corrected chi connectivity index (χ3v) is 6.34. The topological polar surface area (TPSA) is 62.3 Å². The molecule has 0 aliphatic carbocycles. The number of anilines is 1. The first kappa shape index (κ1) is 14.5. The van der Waals surface area contributed by atoms with Crippen LogP contribution in [0.15, 0.2) is 40.7 Å². The van der Waals surface area contributed by atoms with E-state index in [4.69, 9.17) is 0 Å². The molecule has 3 rings (SSSR count). The Balaban J connectivity index is 1.67. The maximum atomic E-state index is 12.1. The van der Waals surface area contributed by atoms with Crippen molar-refractivity contribution in [2.75, 3.05) is 18.0 Å². The van der Waals surface area contributed by atoms with Crippen LogP contribution in [0.4, 0.5) is 5.69 Å². The summed E-state index contributed by atoms with van der Waals surface area (Å²) in [5, 5.41) is 0. The Hall–Kier alpha value is -1.44. The minimum Gasteiger partial charge on any atom is -0.367 e. The zero-order chi connectivity index (χ0) is 14.9. The Bertz CT molecular complexity index is 714. The van der Waals surface area contributed by atoms with Crippen LogP contribution >= 0.6 is 11.5 Å². The van der Waals surface area contributed by atoms with Crippen molar-refractivity contribution in [3.8, 4) is 0 Å². The average molecular weight is 323 g/mol. The highest BCUT2D eigenvalue weighted by Crippen LogP contribution is 2.29. The molecule has 1 N–H and O–H groups in total. The zero-order valence-corrected chi connectivity index (χ0v) is 13.3. The number of fused-ring (bicyclic) bond motifs is 1. The fourth-order valence-corrected chi connectivity index (χ4v) is 4.46. The first-order valence-electron chi connectivity index (χ1n) is 6.83. The minimum absolute atomic E-state index is 0.108. The summed E-state index contributed by atoms with van der Waals surface area (Å²) in [6, 6.07) is 9.91. The molecule has 5 nitrogen and oxygen atoms in total. The molecule has 112 valence electrons. The number of hydrogen-bond donors (Lipinski definition) is 1. The summed E-state index contributed by atoms with van der Waals surface area (Å²) in [6.45, 7) is 3.36. The quantitative estimate of drug-likeness (QED) is 0.912. The molecule has 21 heavy (non-hydrogen) atoms. The standard InChI is InChI=1S/C14H17N3O2S2/c1-11(10-16-21(18,19)14-6-8-15-20-14)17-9-7-12-4-2-3-5-13(12)17/h2-6,8,11,16H,7,9-10H2,1H3. The van der Waals surface area contributed by atoms with Crippen LogP contribution in [0.5, 0.6) is 0 Å². The Morgan fingerprint density at radius 2 is 2.19 bits per heavy atom. The van der Waals surface area contributed by atoms with Gasteiger partial charge in [0.1, 0.15) is 0 Å². The Labute approximate surface area is 128 Å². The van der Waals surface area contributed by atoms with Gasteiger partial charge in [0.25, 0.3) is 10.0 Å². The number of rotatable bonds is 5. The van der Waals surface area contributed by atoms with Crippen molar-refractivity contribution in [1.82, 2.24) is 9.10 Å². The fraction of sp³-hybridized carbons (Fsp3) is 0.357. The number of hydrogen-bond acceptors (Lipinski definition) is 5. The predicted octanol–water partition coefficient (Wildman–Crippen LogP) is 1.87. The number of nitrogens with one attached hydrogen (secondary N) is 1. The lowest BCUT2D eigenvalue weighted by molar-refractivity contribution is 0.568. The van der Waals surface area contributed by atoms with Crippen LogP contribution in [0.3, 0.4) is 0 Å².